The number of rotatable bonds is 2. The van der Waals surface area contributed by atoms with Gasteiger partial charge in [0.1, 0.15) is 0 Å². The average molecular weight is 113 g/mol. The fraction of sp³-hybridized carbons (Fsp3) is 1.00. The minimum Gasteiger partial charge on any atom is -0.600 e. The minimum absolute atomic E-state index is 1.06. The fourth-order valence-corrected chi connectivity index (χ4v) is 0.132. The van der Waals surface area contributed by atoms with Gasteiger partial charge in [-0.2, -0.15) is 0 Å². The maximum absolute atomic E-state index is 10.9. The first-order valence-electron chi connectivity index (χ1n) is 1.63. The Kier molecular flexibility index (Phi) is 2.73. The van der Waals surface area contributed by atoms with Crippen LogP contribution in [0.5, 0.6) is 0 Å². The first-order chi connectivity index (χ1) is 3.13. The van der Waals surface area contributed by atoms with E-state index in [9.17, 15) is 14.0 Å². The van der Waals surface area contributed by atoms with Gasteiger partial charge in [0.2, 0.25) is 0 Å². The molecule has 0 aromatic carbocycles. The van der Waals surface area contributed by atoms with Gasteiger partial charge in [-0.25, -0.2) is 19.2 Å². The first kappa shape index (κ1) is 6.74. The molecule has 1 unspecified atom stereocenters. The molecule has 0 spiro atoms. The van der Waals surface area contributed by atoms with E-state index < -0.39 is 18.2 Å². The van der Waals surface area contributed by atoms with Crippen LogP contribution in [0.1, 0.15) is 0 Å². The molecule has 0 radical (unpaired) electrons. The van der Waals surface area contributed by atoms with Crippen LogP contribution in [0.2, 0.25) is 0 Å². The summed E-state index contributed by atoms with van der Waals surface area (Å²) in [6, 6.07) is 0. The first-order valence-corrected chi connectivity index (χ1v) is 1.63. The Balaban J connectivity index is 2.95. The number of hydrogen-bond acceptors (Lipinski definition) is 2. The highest BCUT2D eigenvalue weighted by molar-refractivity contribution is 4.25. The van der Waals surface area contributed by atoms with Crippen molar-refractivity contribution in [1.29, 1.82) is 0 Å². The van der Waals surface area contributed by atoms with Gasteiger partial charge in [-0.3, -0.25) is 0 Å². The maximum Gasteiger partial charge on any atom is 0.289 e. The molecular weight excluding hydrogens is 108 g/mol. The molecule has 0 amide bonds. The minimum atomic E-state index is -2.72. The Labute approximate surface area is 38.7 Å². The molecule has 0 aliphatic carbocycles. The fourth-order valence-electron chi connectivity index (χ4n) is 0.132. The number of nitrogens with one attached hydrogen (secondary N) is 1. The van der Waals surface area contributed by atoms with E-state index in [1.54, 1.807) is 0 Å². The van der Waals surface area contributed by atoms with Crippen LogP contribution in [0.15, 0.2) is 0 Å². The molecule has 0 heterocycles. The van der Waals surface area contributed by atoms with E-state index in [4.69, 9.17) is 5.21 Å². The summed E-state index contributed by atoms with van der Waals surface area (Å²) in [6.45, 7) is -1.06. The summed E-state index contributed by atoms with van der Waals surface area (Å²) in [7, 11) is 0. The zero-order chi connectivity index (χ0) is 5.86. The van der Waals surface area contributed by atoms with Crippen molar-refractivity contribution in [3.63, 3.8) is 0 Å². The van der Waals surface area contributed by atoms with Crippen molar-refractivity contribution in [2.75, 3.05) is 6.54 Å². The molecule has 5 heteroatoms. The molecule has 0 rings (SSSR count). The summed E-state index contributed by atoms with van der Waals surface area (Å²) >= 11 is 0. The van der Waals surface area contributed by atoms with Gasteiger partial charge in [0, 0.05) is 0 Å². The van der Waals surface area contributed by atoms with Crippen molar-refractivity contribution < 1.29 is 19.2 Å². The SMILES string of the molecule is [O-][NH+](O)CC(F)F. The van der Waals surface area contributed by atoms with Crippen molar-refractivity contribution in [3.8, 4) is 0 Å². The standard InChI is InChI=1S/C2H5F2NO2/c3-2(4)1-5(6)7/h2,5-6H,1H2. The second kappa shape index (κ2) is 2.84. The molecule has 0 bridgehead atoms. The molecule has 44 valence electrons. The molecular formula is C2H5F2NO2. The Hall–Kier alpha value is -0.260. The predicted molar refractivity (Wildman–Crippen MR) is 17.0 cm³/mol. The summed E-state index contributed by atoms with van der Waals surface area (Å²) in [5.74, 6) is 0. The zero-order valence-corrected chi connectivity index (χ0v) is 3.40. The van der Waals surface area contributed by atoms with E-state index in [1.165, 1.54) is 0 Å². The van der Waals surface area contributed by atoms with Crippen molar-refractivity contribution in [2.45, 2.75) is 6.43 Å². The van der Waals surface area contributed by atoms with E-state index in [2.05, 4.69) is 0 Å². The Bertz CT molecular complexity index is 43.0. The van der Waals surface area contributed by atoms with E-state index in [0.717, 1.165) is 0 Å². The zero-order valence-electron chi connectivity index (χ0n) is 3.40. The van der Waals surface area contributed by atoms with Crippen LogP contribution < -0.4 is 5.23 Å². The van der Waals surface area contributed by atoms with Crippen molar-refractivity contribution in [3.05, 3.63) is 5.21 Å². The molecule has 0 saturated heterocycles. The van der Waals surface area contributed by atoms with Crippen LogP contribution in [0.4, 0.5) is 8.78 Å². The summed E-state index contributed by atoms with van der Waals surface area (Å²) < 4.78 is 21.8. The largest absolute Gasteiger partial charge is 0.600 e. The van der Waals surface area contributed by atoms with Crippen LogP contribution in [0, 0.1) is 5.21 Å². The monoisotopic (exact) mass is 113 g/mol. The number of hydroxylamine groups is 2. The predicted octanol–water partition coefficient (Wildman–Crippen LogP) is -0.977. The summed E-state index contributed by atoms with van der Waals surface area (Å²) in [5.41, 5.74) is 0. The second-order valence-corrected chi connectivity index (χ2v) is 0.989. The third-order valence-corrected chi connectivity index (χ3v) is 0.329. The highest BCUT2D eigenvalue weighted by Gasteiger charge is 2.04. The van der Waals surface area contributed by atoms with Gasteiger partial charge in [0.05, 0.1) is 0 Å². The van der Waals surface area contributed by atoms with Crippen LogP contribution in [0.25, 0.3) is 0 Å². The van der Waals surface area contributed by atoms with E-state index in [0.29, 0.717) is 0 Å². The second-order valence-electron chi connectivity index (χ2n) is 0.989. The molecule has 2 N–H and O–H groups in total. The summed E-state index contributed by atoms with van der Waals surface area (Å²) in [4.78, 5) is 0. The van der Waals surface area contributed by atoms with Crippen LogP contribution in [-0.2, 0) is 0 Å². The third-order valence-electron chi connectivity index (χ3n) is 0.329. The summed E-state index contributed by atoms with van der Waals surface area (Å²) in [5, 5.41) is 15.5. The van der Waals surface area contributed by atoms with Crippen molar-refractivity contribution >= 4 is 0 Å². The van der Waals surface area contributed by atoms with Crippen LogP contribution in [-0.4, -0.2) is 18.2 Å². The van der Waals surface area contributed by atoms with E-state index in [1.807, 2.05) is 0 Å². The lowest BCUT2D eigenvalue weighted by atomic mass is 10.7. The van der Waals surface area contributed by atoms with Gasteiger partial charge in [0.15, 0.2) is 6.54 Å². The maximum atomic E-state index is 10.9. The van der Waals surface area contributed by atoms with Gasteiger partial charge in [-0.15, -0.1) is 0 Å². The van der Waals surface area contributed by atoms with E-state index in [-0.39, 0.29) is 0 Å². The topological polar surface area (TPSA) is 47.7 Å². The molecule has 0 aromatic rings. The number of quaternary nitrogens is 1. The normalized spacial score (nSPS) is 15.0. The smallest absolute Gasteiger partial charge is 0.289 e. The number of halogens is 2. The molecule has 0 fully saturated rings. The molecule has 0 aromatic heterocycles. The Morgan fingerprint density at radius 1 is 1.71 bits per heavy atom. The van der Waals surface area contributed by atoms with Gasteiger partial charge in [-0.1, -0.05) is 0 Å². The lowest BCUT2D eigenvalue weighted by molar-refractivity contribution is -1.05. The molecule has 7 heavy (non-hydrogen) atoms. The molecule has 1 atom stereocenters. The lowest BCUT2D eigenvalue weighted by Gasteiger charge is -2.09. The van der Waals surface area contributed by atoms with Crippen molar-refractivity contribution in [2.24, 2.45) is 0 Å². The van der Waals surface area contributed by atoms with Gasteiger partial charge < -0.3 is 5.21 Å². The van der Waals surface area contributed by atoms with Crippen LogP contribution in [0.3, 0.4) is 0 Å². The lowest BCUT2D eigenvalue weighted by Crippen LogP contribution is -3.05. The van der Waals surface area contributed by atoms with Crippen molar-refractivity contribution in [1.82, 2.24) is 0 Å². The molecule has 0 aliphatic heterocycles. The van der Waals surface area contributed by atoms with Crippen LogP contribution >= 0.6 is 0 Å². The highest BCUT2D eigenvalue weighted by Crippen LogP contribution is 1.82. The molecule has 3 nitrogen and oxygen atoms in total. The molecule has 0 aliphatic rings. The van der Waals surface area contributed by atoms with E-state index >= 15 is 0 Å². The number of alkyl halides is 2. The highest BCUT2D eigenvalue weighted by atomic mass is 19.3. The van der Waals surface area contributed by atoms with Gasteiger partial charge in [-0.05, 0) is 0 Å². The van der Waals surface area contributed by atoms with Gasteiger partial charge in [0.25, 0.3) is 6.43 Å². The molecule has 0 saturated carbocycles. The average Bonchev–Trinajstić information content (AvgIpc) is 1.27. The Morgan fingerprint density at radius 3 is 2.14 bits per heavy atom. The Morgan fingerprint density at radius 2 is 2.14 bits per heavy atom. The number of hydrogen-bond donors (Lipinski definition) is 2. The van der Waals surface area contributed by atoms with Gasteiger partial charge >= 0.3 is 0 Å². The summed E-state index contributed by atoms with van der Waals surface area (Å²) in [6.07, 6.45) is -2.72. The third kappa shape index (κ3) is 5.74. The quantitative estimate of drug-likeness (QED) is 0.452.